The first-order chi connectivity index (χ1) is 11.1. The van der Waals surface area contributed by atoms with Crippen molar-refractivity contribution in [3.63, 3.8) is 0 Å². The van der Waals surface area contributed by atoms with Gasteiger partial charge < -0.3 is 14.6 Å². The number of hydrogen-bond acceptors (Lipinski definition) is 6. The molecule has 0 spiro atoms. The number of fused-ring (bicyclic) bond motifs is 1. The average Bonchev–Trinajstić information content (AvgIpc) is 3.00. The molecule has 2 aliphatic rings. The molecule has 1 N–H and O–H groups in total. The van der Waals surface area contributed by atoms with Gasteiger partial charge >= 0.3 is 12.1 Å². The van der Waals surface area contributed by atoms with Gasteiger partial charge in [0.05, 0.1) is 5.69 Å². The van der Waals surface area contributed by atoms with E-state index in [1.54, 1.807) is 32.9 Å². The summed E-state index contributed by atoms with van der Waals surface area (Å²) >= 11 is 0. The highest BCUT2D eigenvalue weighted by molar-refractivity contribution is 6.21. The van der Waals surface area contributed by atoms with E-state index in [0.29, 0.717) is 0 Å². The summed E-state index contributed by atoms with van der Waals surface area (Å²) in [6.45, 7) is 5.01. The van der Waals surface area contributed by atoms with Crippen LogP contribution in [0.25, 0.3) is 0 Å². The molecule has 0 aromatic heterocycles. The molecule has 7 heteroatoms. The van der Waals surface area contributed by atoms with E-state index in [-0.39, 0.29) is 11.3 Å². The van der Waals surface area contributed by atoms with Crippen molar-refractivity contribution in [1.82, 2.24) is 0 Å². The van der Waals surface area contributed by atoms with Crippen LogP contribution >= 0.6 is 0 Å². The summed E-state index contributed by atoms with van der Waals surface area (Å²) in [7, 11) is 0. The maximum Gasteiger partial charge on any atom is 0.421 e. The van der Waals surface area contributed by atoms with Gasteiger partial charge in [-0.3, -0.25) is 4.79 Å². The van der Waals surface area contributed by atoms with E-state index < -0.39 is 35.3 Å². The van der Waals surface area contributed by atoms with E-state index in [9.17, 15) is 19.5 Å². The number of amides is 2. The number of anilines is 1. The van der Waals surface area contributed by atoms with Crippen molar-refractivity contribution >= 4 is 23.7 Å². The zero-order valence-electron chi connectivity index (χ0n) is 13.5. The van der Waals surface area contributed by atoms with E-state index in [1.807, 2.05) is 0 Å². The van der Waals surface area contributed by atoms with Crippen molar-refractivity contribution in [2.75, 3.05) is 4.90 Å². The number of imide groups is 1. The topological polar surface area (TPSA) is 93.1 Å². The molecule has 0 bridgehead atoms. The Balaban J connectivity index is 2.06. The van der Waals surface area contributed by atoms with Gasteiger partial charge in [0.1, 0.15) is 5.60 Å². The molecule has 126 valence electrons. The fourth-order valence-corrected chi connectivity index (χ4v) is 2.74. The molecule has 2 atom stereocenters. The summed E-state index contributed by atoms with van der Waals surface area (Å²) < 4.78 is 10.3. The summed E-state index contributed by atoms with van der Waals surface area (Å²) in [6, 6.07) is 6.29. The van der Waals surface area contributed by atoms with Crippen LogP contribution in [0.1, 0.15) is 26.3 Å². The Morgan fingerprint density at radius 2 is 1.96 bits per heavy atom. The number of aliphatic hydroxyl groups is 1. The second-order valence-corrected chi connectivity index (χ2v) is 6.62. The van der Waals surface area contributed by atoms with E-state index >= 15 is 0 Å². The molecule has 0 saturated carbocycles. The molecule has 1 aromatic rings. The Labute approximate surface area is 138 Å². The molecule has 24 heavy (non-hydrogen) atoms. The Morgan fingerprint density at radius 1 is 1.29 bits per heavy atom. The first kappa shape index (κ1) is 16.2. The molecule has 2 amide bonds. The van der Waals surface area contributed by atoms with Gasteiger partial charge in [0.15, 0.2) is 6.10 Å². The van der Waals surface area contributed by atoms with Crippen LogP contribution in [-0.2, 0) is 24.7 Å². The van der Waals surface area contributed by atoms with E-state index in [4.69, 9.17) is 9.47 Å². The van der Waals surface area contributed by atoms with Gasteiger partial charge in [-0.2, -0.15) is 0 Å². The smallest absolute Gasteiger partial charge is 0.421 e. The minimum atomic E-state index is -2.17. The summed E-state index contributed by atoms with van der Waals surface area (Å²) in [5.41, 5.74) is -2.59. The monoisotopic (exact) mass is 331 g/mol. The Hall–Kier alpha value is -2.67. The maximum absolute atomic E-state index is 12.9. The largest absolute Gasteiger partial charge is 0.451 e. The van der Waals surface area contributed by atoms with Gasteiger partial charge in [-0.05, 0) is 32.9 Å². The molecule has 0 radical (unpaired) electrons. The van der Waals surface area contributed by atoms with Crippen molar-refractivity contribution < 1.29 is 29.0 Å². The molecule has 0 fully saturated rings. The average molecular weight is 331 g/mol. The standard InChI is InChI=1S/C17H17NO6/c1-16(2,3)24-15(21)18-11-7-5-4-6-10(11)17(22,14(18)20)12-8-9-13(19)23-12/h4-9,12,22H,1-3H3. The number of carbonyl (C=O) groups excluding carboxylic acids is 3. The third-order valence-corrected chi connectivity index (χ3v) is 3.72. The minimum Gasteiger partial charge on any atom is -0.451 e. The first-order valence-corrected chi connectivity index (χ1v) is 7.43. The van der Waals surface area contributed by atoms with Gasteiger partial charge in [-0.1, -0.05) is 18.2 Å². The molecule has 1 aromatic carbocycles. The third-order valence-electron chi connectivity index (χ3n) is 3.72. The minimum absolute atomic E-state index is 0.185. The van der Waals surface area contributed by atoms with Gasteiger partial charge in [0.2, 0.25) is 5.60 Å². The molecule has 0 aliphatic carbocycles. The van der Waals surface area contributed by atoms with Crippen molar-refractivity contribution in [1.29, 1.82) is 0 Å². The molecular weight excluding hydrogens is 314 g/mol. The van der Waals surface area contributed by atoms with Gasteiger partial charge in [-0.15, -0.1) is 0 Å². The number of rotatable bonds is 1. The highest BCUT2D eigenvalue weighted by Crippen LogP contribution is 2.44. The Morgan fingerprint density at radius 3 is 2.54 bits per heavy atom. The van der Waals surface area contributed by atoms with Gasteiger partial charge in [0.25, 0.3) is 5.91 Å². The number of carbonyl (C=O) groups is 3. The quantitative estimate of drug-likeness (QED) is 0.786. The molecule has 0 saturated heterocycles. The zero-order chi connectivity index (χ0) is 17.7. The number of cyclic esters (lactones) is 1. The maximum atomic E-state index is 12.9. The second-order valence-electron chi connectivity index (χ2n) is 6.62. The number of ether oxygens (including phenoxy) is 2. The van der Waals surface area contributed by atoms with Crippen LogP contribution in [0.5, 0.6) is 0 Å². The van der Waals surface area contributed by atoms with Gasteiger partial charge in [0, 0.05) is 11.6 Å². The normalized spacial score (nSPS) is 25.7. The lowest BCUT2D eigenvalue weighted by atomic mass is 9.89. The highest BCUT2D eigenvalue weighted by atomic mass is 16.6. The first-order valence-electron chi connectivity index (χ1n) is 7.43. The van der Waals surface area contributed by atoms with Crippen LogP contribution < -0.4 is 4.90 Å². The number of hydrogen-bond donors (Lipinski definition) is 1. The van der Waals surface area contributed by atoms with Crippen LogP contribution in [0.4, 0.5) is 10.5 Å². The molecule has 2 heterocycles. The van der Waals surface area contributed by atoms with Crippen molar-refractivity contribution in [2.24, 2.45) is 0 Å². The molecule has 7 nitrogen and oxygen atoms in total. The summed E-state index contributed by atoms with van der Waals surface area (Å²) in [5, 5.41) is 11.0. The predicted octanol–water partition coefficient (Wildman–Crippen LogP) is 1.64. The van der Waals surface area contributed by atoms with Crippen LogP contribution in [0.3, 0.4) is 0 Å². The Kier molecular flexibility index (Phi) is 3.49. The van der Waals surface area contributed by atoms with E-state index in [0.717, 1.165) is 11.0 Å². The van der Waals surface area contributed by atoms with Crippen LogP contribution in [-0.4, -0.2) is 34.8 Å². The third kappa shape index (κ3) is 2.37. The zero-order valence-corrected chi connectivity index (χ0v) is 13.5. The lowest BCUT2D eigenvalue weighted by molar-refractivity contribution is -0.159. The Bertz CT molecular complexity index is 763. The number of benzene rings is 1. The van der Waals surface area contributed by atoms with Crippen LogP contribution in [0, 0.1) is 0 Å². The highest BCUT2D eigenvalue weighted by Gasteiger charge is 2.59. The summed E-state index contributed by atoms with van der Waals surface area (Å²) in [4.78, 5) is 37.4. The SMILES string of the molecule is CC(C)(C)OC(=O)N1C(=O)C(O)(C2C=CC(=O)O2)c2ccccc21. The summed E-state index contributed by atoms with van der Waals surface area (Å²) in [5.74, 6) is -1.57. The van der Waals surface area contributed by atoms with E-state index in [2.05, 4.69) is 0 Å². The second kappa shape index (κ2) is 5.17. The van der Waals surface area contributed by atoms with Crippen LogP contribution in [0.15, 0.2) is 36.4 Å². The van der Waals surface area contributed by atoms with Gasteiger partial charge in [-0.25, -0.2) is 14.5 Å². The van der Waals surface area contributed by atoms with Crippen molar-refractivity contribution in [3.8, 4) is 0 Å². The number of para-hydroxylation sites is 1. The lowest BCUT2D eigenvalue weighted by Crippen LogP contribution is -2.50. The predicted molar refractivity (Wildman–Crippen MR) is 83.1 cm³/mol. The molecule has 3 rings (SSSR count). The number of esters is 1. The van der Waals surface area contributed by atoms with Crippen molar-refractivity contribution in [3.05, 3.63) is 42.0 Å². The molecular formula is C17H17NO6. The van der Waals surface area contributed by atoms with Crippen LogP contribution in [0.2, 0.25) is 0 Å². The van der Waals surface area contributed by atoms with Crippen molar-refractivity contribution in [2.45, 2.75) is 38.1 Å². The molecule has 2 aliphatic heterocycles. The van der Waals surface area contributed by atoms with E-state index in [1.165, 1.54) is 18.2 Å². The fourth-order valence-electron chi connectivity index (χ4n) is 2.74. The fraction of sp³-hybridized carbons (Fsp3) is 0.353. The number of nitrogens with zero attached hydrogens (tertiary/aromatic N) is 1. The lowest BCUT2D eigenvalue weighted by Gasteiger charge is -2.27. The molecule has 2 unspecified atom stereocenters. The summed E-state index contributed by atoms with van der Waals surface area (Å²) in [6.07, 6.45) is 0.333.